The first kappa shape index (κ1) is 17.7. The number of hydrogen-bond acceptors (Lipinski definition) is 5. The summed E-state index contributed by atoms with van der Waals surface area (Å²) in [5.74, 6) is 0. The maximum absolute atomic E-state index is 12.7. The summed E-state index contributed by atoms with van der Waals surface area (Å²) in [7, 11) is -3.90. The van der Waals surface area contributed by atoms with E-state index < -0.39 is 10.0 Å². The number of nitrogens with one attached hydrogen (secondary N) is 1. The quantitative estimate of drug-likeness (QED) is 0.541. The Morgan fingerprint density at radius 1 is 1.00 bits per heavy atom. The van der Waals surface area contributed by atoms with E-state index in [0.717, 1.165) is 5.56 Å². The second kappa shape index (κ2) is 6.80. The van der Waals surface area contributed by atoms with Gasteiger partial charge in [-0.15, -0.1) is 10.2 Å². The van der Waals surface area contributed by atoms with Gasteiger partial charge in [-0.25, -0.2) is 8.42 Å². The molecule has 0 radical (unpaired) electrons. The lowest BCUT2D eigenvalue weighted by Crippen LogP contribution is -2.13. The number of nitrogens with zero attached hydrogens (tertiary/aromatic N) is 4. The van der Waals surface area contributed by atoms with Crippen LogP contribution in [0, 0.1) is 0 Å². The van der Waals surface area contributed by atoms with E-state index in [2.05, 4.69) is 20.0 Å². The molecule has 7 nitrogen and oxygen atoms in total. The van der Waals surface area contributed by atoms with Crippen LogP contribution in [0.4, 0.5) is 5.69 Å². The Balaban J connectivity index is 1.69. The van der Waals surface area contributed by atoms with E-state index in [1.54, 1.807) is 30.3 Å². The number of rotatable bonds is 4. The third kappa shape index (κ3) is 3.46. The predicted molar refractivity (Wildman–Crippen MR) is 103 cm³/mol. The number of aromatic nitrogens is 4. The summed E-state index contributed by atoms with van der Waals surface area (Å²) in [4.78, 5) is -0.0916. The highest BCUT2D eigenvalue weighted by molar-refractivity contribution is 7.92. The fraction of sp³-hybridized carbons (Fsp3) is 0. The molecule has 0 aliphatic rings. The van der Waals surface area contributed by atoms with Crippen molar-refractivity contribution in [3.05, 3.63) is 71.0 Å². The van der Waals surface area contributed by atoms with Crippen molar-refractivity contribution < 1.29 is 8.42 Å². The normalized spacial score (nSPS) is 11.6. The molecule has 1 N–H and O–H groups in total. The van der Waals surface area contributed by atoms with Crippen LogP contribution < -0.4 is 4.72 Å². The van der Waals surface area contributed by atoms with Gasteiger partial charge in [0, 0.05) is 11.3 Å². The van der Waals surface area contributed by atoms with Crippen molar-refractivity contribution in [3.8, 4) is 11.3 Å². The molecule has 0 saturated heterocycles. The lowest BCUT2D eigenvalue weighted by Gasteiger charge is -2.11. The largest absolute Gasteiger partial charge is 0.280 e. The van der Waals surface area contributed by atoms with Crippen molar-refractivity contribution in [2.75, 3.05) is 4.72 Å². The van der Waals surface area contributed by atoms with E-state index in [-0.39, 0.29) is 14.9 Å². The number of fused-ring (bicyclic) bond motifs is 1. The van der Waals surface area contributed by atoms with Gasteiger partial charge in [0.15, 0.2) is 5.65 Å². The van der Waals surface area contributed by atoms with Crippen LogP contribution in [0.25, 0.3) is 16.9 Å². The molecule has 0 saturated carbocycles. The van der Waals surface area contributed by atoms with Crippen molar-refractivity contribution in [1.29, 1.82) is 0 Å². The molecule has 4 aromatic rings. The zero-order valence-corrected chi connectivity index (χ0v) is 15.9. The lowest BCUT2D eigenvalue weighted by atomic mass is 10.1. The van der Waals surface area contributed by atoms with Gasteiger partial charge in [0.2, 0.25) is 0 Å². The molecule has 4 rings (SSSR count). The van der Waals surface area contributed by atoms with Gasteiger partial charge >= 0.3 is 0 Å². The second-order valence-corrected chi connectivity index (χ2v) is 8.03. The summed E-state index contributed by atoms with van der Waals surface area (Å²) >= 11 is 12.0. The topological polar surface area (TPSA) is 89.2 Å². The molecule has 0 aliphatic heterocycles. The van der Waals surface area contributed by atoms with Gasteiger partial charge < -0.3 is 0 Å². The Bertz CT molecular complexity index is 1260. The Morgan fingerprint density at radius 3 is 2.67 bits per heavy atom. The molecule has 0 aliphatic carbocycles. The van der Waals surface area contributed by atoms with Crippen molar-refractivity contribution in [2.45, 2.75) is 4.90 Å². The fourth-order valence-electron chi connectivity index (χ4n) is 2.53. The third-order valence-corrected chi connectivity index (χ3v) is 6.13. The minimum Gasteiger partial charge on any atom is -0.280 e. The summed E-state index contributed by atoms with van der Waals surface area (Å²) < 4.78 is 29.4. The standard InChI is InChI=1S/C17H11Cl2N5O2S/c18-13-5-2-6-15(17(13)19)27(25,26)23-12-4-1-3-11(9-12)14-7-8-16-21-20-10-24(16)22-14/h1-10,23H. The van der Waals surface area contributed by atoms with Crippen LogP contribution in [0.3, 0.4) is 0 Å². The van der Waals surface area contributed by atoms with Gasteiger partial charge in [-0.05, 0) is 36.4 Å². The molecule has 136 valence electrons. The minimum atomic E-state index is -3.90. The molecule has 2 aromatic heterocycles. The Labute approximate surface area is 164 Å². The fourth-order valence-corrected chi connectivity index (χ4v) is 4.34. The third-order valence-electron chi connectivity index (χ3n) is 3.78. The second-order valence-electron chi connectivity index (χ2n) is 5.59. The molecule has 0 amide bonds. The highest BCUT2D eigenvalue weighted by Gasteiger charge is 2.19. The van der Waals surface area contributed by atoms with Gasteiger partial charge in [-0.2, -0.15) is 9.61 Å². The van der Waals surface area contributed by atoms with Crippen LogP contribution in [0.15, 0.2) is 65.8 Å². The van der Waals surface area contributed by atoms with E-state index in [1.165, 1.54) is 29.0 Å². The van der Waals surface area contributed by atoms with Crippen molar-refractivity contribution in [3.63, 3.8) is 0 Å². The molecule has 0 bridgehead atoms. The van der Waals surface area contributed by atoms with Gasteiger partial charge in [0.1, 0.15) is 11.2 Å². The van der Waals surface area contributed by atoms with Crippen LogP contribution in [-0.4, -0.2) is 28.2 Å². The predicted octanol–water partition coefficient (Wildman–Crippen LogP) is 3.90. The Kier molecular flexibility index (Phi) is 4.47. The Morgan fingerprint density at radius 2 is 1.81 bits per heavy atom. The van der Waals surface area contributed by atoms with Crippen LogP contribution in [0.1, 0.15) is 0 Å². The minimum absolute atomic E-state index is 0.0254. The molecule has 27 heavy (non-hydrogen) atoms. The average Bonchev–Trinajstić information content (AvgIpc) is 3.11. The summed E-state index contributed by atoms with van der Waals surface area (Å²) in [6.45, 7) is 0. The van der Waals surface area contributed by atoms with Crippen LogP contribution in [-0.2, 0) is 10.0 Å². The molecule has 2 aromatic carbocycles. The zero-order valence-electron chi connectivity index (χ0n) is 13.5. The van der Waals surface area contributed by atoms with Gasteiger partial charge in [-0.3, -0.25) is 4.72 Å². The molecule has 0 fully saturated rings. The zero-order chi connectivity index (χ0) is 19.0. The van der Waals surface area contributed by atoms with Crippen LogP contribution in [0.2, 0.25) is 10.0 Å². The van der Waals surface area contributed by atoms with E-state index in [1.807, 2.05) is 6.07 Å². The maximum atomic E-state index is 12.7. The number of anilines is 1. The van der Waals surface area contributed by atoms with Crippen LogP contribution >= 0.6 is 23.2 Å². The summed E-state index contributed by atoms with van der Waals surface area (Å²) in [5.41, 5.74) is 2.35. The first-order chi connectivity index (χ1) is 12.9. The summed E-state index contributed by atoms with van der Waals surface area (Å²) in [6.07, 6.45) is 1.49. The molecule has 10 heteroatoms. The number of sulfonamides is 1. The Hall–Kier alpha value is -2.68. The van der Waals surface area contributed by atoms with Gasteiger partial charge in [-0.1, -0.05) is 41.4 Å². The first-order valence-electron chi connectivity index (χ1n) is 7.68. The van der Waals surface area contributed by atoms with E-state index in [9.17, 15) is 8.42 Å². The lowest BCUT2D eigenvalue weighted by molar-refractivity contribution is 0.601. The van der Waals surface area contributed by atoms with Crippen LogP contribution in [0.5, 0.6) is 0 Å². The molecular formula is C17H11Cl2N5O2S. The number of benzene rings is 2. The van der Waals surface area contributed by atoms with E-state index in [4.69, 9.17) is 23.2 Å². The maximum Gasteiger partial charge on any atom is 0.263 e. The number of hydrogen-bond donors (Lipinski definition) is 1. The van der Waals surface area contributed by atoms with Gasteiger partial charge in [0.05, 0.1) is 15.7 Å². The van der Waals surface area contributed by atoms with Crippen molar-refractivity contribution >= 4 is 44.6 Å². The summed E-state index contributed by atoms with van der Waals surface area (Å²) in [5, 5.41) is 12.2. The highest BCUT2D eigenvalue weighted by Crippen LogP contribution is 2.30. The molecule has 0 spiro atoms. The molecule has 0 atom stereocenters. The van der Waals surface area contributed by atoms with Crippen molar-refractivity contribution in [2.24, 2.45) is 0 Å². The molecule has 0 unspecified atom stereocenters. The monoisotopic (exact) mass is 419 g/mol. The summed E-state index contributed by atoms with van der Waals surface area (Å²) in [6, 6.07) is 14.9. The van der Waals surface area contributed by atoms with E-state index in [0.29, 0.717) is 17.0 Å². The SMILES string of the molecule is O=S(=O)(Nc1cccc(-c2ccc3nncn3n2)c1)c1cccc(Cl)c1Cl. The van der Waals surface area contributed by atoms with Crippen molar-refractivity contribution in [1.82, 2.24) is 19.8 Å². The smallest absolute Gasteiger partial charge is 0.263 e. The average molecular weight is 420 g/mol. The van der Waals surface area contributed by atoms with E-state index >= 15 is 0 Å². The highest BCUT2D eigenvalue weighted by atomic mass is 35.5. The van der Waals surface area contributed by atoms with Gasteiger partial charge in [0.25, 0.3) is 10.0 Å². The first-order valence-corrected chi connectivity index (χ1v) is 9.92. The molecular weight excluding hydrogens is 409 g/mol. The molecule has 2 heterocycles. The number of halogens is 2.